The van der Waals surface area contributed by atoms with Gasteiger partial charge in [-0.1, -0.05) is 29.8 Å². The number of nitrogens with one attached hydrogen (secondary N) is 1. The molecule has 3 aromatic rings. The summed E-state index contributed by atoms with van der Waals surface area (Å²) in [5.74, 6) is 1.02. The number of fused-ring (bicyclic) bond motifs is 1. The first-order chi connectivity index (χ1) is 13.6. The highest BCUT2D eigenvalue weighted by Gasteiger charge is 2.14. The van der Waals surface area contributed by atoms with Gasteiger partial charge in [0.2, 0.25) is 12.7 Å². The Hall–Kier alpha value is -3.32. The molecule has 7 nitrogen and oxygen atoms in total. The molecule has 0 saturated heterocycles. The zero-order valence-corrected chi connectivity index (χ0v) is 15.5. The fourth-order valence-electron chi connectivity index (χ4n) is 2.78. The smallest absolute Gasteiger partial charge is 0.267 e. The monoisotopic (exact) mass is 397 g/mol. The molecule has 0 unspecified atom stereocenters. The molecule has 28 heavy (non-hydrogen) atoms. The maximum absolute atomic E-state index is 12.3. The molecule has 0 aliphatic carbocycles. The maximum Gasteiger partial charge on any atom is 0.267 e. The van der Waals surface area contributed by atoms with Gasteiger partial charge in [0.1, 0.15) is 6.54 Å². The van der Waals surface area contributed by atoms with Crippen LogP contribution in [0.2, 0.25) is 5.02 Å². The van der Waals surface area contributed by atoms with Gasteiger partial charge in [-0.2, -0.15) is 5.10 Å². The third kappa shape index (κ3) is 3.99. The molecule has 0 radical (unpaired) electrons. The van der Waals surface area contributed by atoms with Crippen molar-refractivity contribution < 1.29 is 14.3 Å². The number of benzene rings is 2. The Morgan fingerprint density at radius 3 is 2.68 bits per heavy atom. The van der Waals surface area contributed by atoms with Crippen LogP contribution in [0.25, 0.3) is 11.3 Å². The Bertz CT molecular complexity index is 1080. The van der Waals surface area contributed by atoms with Crippen molar-refractivity contribution in [3.63, 3.8) is 0 Å². The third-order valence-corrected chi connectivity index (χ3v) is 4.48. The molecular weight excluding hydrogens is 382 g/mol. The second-order valence-electron chi connectivity index (χ2n) is 6.19. The number of carbonyl (C=O) groups excluding carboxylic acids is 1. The predicted molar refractivity (Wildman–Crippen MR) is 103 cm³/mol. The van der Waals surface area contributed by atoms with E-state index in [0.29, 0.717) is 28.8 Å². The molecule has 0 atom stereocenters. The van der Waals surface area contributed by atoms with Gasteiger partial charge in [0.15, 0.2) is 11.5 Å². The number of rotatable bonds is 5. The zero-order valence-electron chi connectivity index (χ0n) is 14.7. The van der Waals surface area contributed by atoms with Crippen molar-refractivity contribution in [2.75, 3.05) is 6.79 Å². The highest BCUT2D eigenvalue weighted by molar-refractivity contribution is 6.30. The van der Waals surface area contributed by atoms with Crippen LogP contribution < -0.4 is 20.3 Å². The van der Waals surface area contributed by atoms with E-state index in [1.165, 1.54) is 6.07 Å². The lowest BCUT2D eigenvalue weighted by molar-refractivity contribution is -0.122. The van der Waals surface area contributed by atoms with Crippen LogP contribution in [0, 0.1) is 0 Å². The van der Waals surface area contributed by atoms with Crippen LogP contribution in [0.5, 0.6) is 11.5 Å². The normalized spacial score (nSPS) is 12.0. The summed E-state index contributed by atoms with van der Waals surface area (Å²) < 4.78 is 11.7. The molecule has 1 N–H and O–H groups in total. The number of carbonyl (C=O) groups is 1. The average Bonchev–Trinajstić information content (AvgIpc) is 3.17. The summed E-state index contributed by atoms with van der Waals surface area (Å²) in [6.45, 7) is 0.329. The molecule has 8 heteroatoms. The van der Waals surface area contributed by atoms with Gasteiger partial charge in [-0.25, -0.2) is 4.68 Å². The average molecular weight is 398 g/mol. The molecule has 2 heterocycles. The highest BCUT2D eigenvalue weighted by atomic mass is 35.5. The number of amides is 1. The number of halogens is 1. The quantitative estimate of drug-likeness (QED) is 0.715. The molecule has 0 spiro atoms. The van der Waals surface area contributed by atoms with Gasteiger partial charge in [0.05, 0.1) is 5.69 Å². The first kappa shape index (κ1) is 18.1. The molecule has 1 aliphatic heterocycles. The lowest BCUT2D eigenvalue weighted by Gasteiger charge is -2.09. The van der Waals surface area contributed by atoms with Crippen molar-refractivity contribution in [1.82, 2.24) is 15.1 Å². The number of hydrogen-bond acceptors (Lipinski definition) is 5. The number of nitrogens with zero attached hydrogens (tertiary/aromatic N) is 2. The molecule has 1 aliphatic rings. The Balaban J connectivity index is 1.43. The Morgan fingerprint density at radius 1 is 1.07 bits per heavy atom. The molecule has 2 aromatic carbocycles. The van der Waals surface area contributed by atoms with E-state index in [1.807, 2.05) is 12.1 Å². The minimum atomic E-state index is -0.351. The van der Waals surface area contributed by atoms with Gasteiger partial charge in [0.25, 0.3) is 5.56 Å². The Morgan fingerprint density at radius 2 is 1.86 bits per heavy atom. The predicted octanol–water partition coefficient (Wildman–Crippen LogP) is 2.61. The van der Waals surface area contributed by atoms with Crippen molar-refractivity contribution >= 4 is 17.5 Å². The molecule has 142 valence electrons. The van der Waals surface area contributed by atoms with Crippen LogP contribution in [0.15, 0.2) is 59.4 Å². The number of ether oxygens (including phenoxy) is 2. The fraction of sp³-hybridized carbons (Fsp3) is 0.150. The van der Waals surface area contributed by atoms with Gasteiger partial charge in [-0.3, -0.25) is 9.59 Å². The van der Waals surface area contributed by atoms with E-state index in [-0.39, 0.29) is 24.8 Å². The summed E-state index contributed by atoms with van der Waals surface area (Å²) in [5.41, 5.74) is 1.91. The van der Waals surface area contributed by atoms with E-state index < -0.39 is 0 Å². The molecule has 0 fully saturated rings. The van der Waals surface area contributed by atoms with Gasteiger partial charge < -0.3 is 14.8 Å². The SMILES string of the molecule is O=C(Cn1nc(-c2ccc(Cl)cc2)ccc1=O)NCc1ccc2c(c1)OCO2. The summed E-state index contributed by atoms with van der Waals surface area (Å²) in [5, 5.41) is 7.67. The van der Waals surface area contributed by atoms with E-state index in [2.05, 4.69) is 10.4 Å². The lowest BCUT2D eigenvalue weighted by atomic mass is 10.1. The molecule has 4 rings (SSSR count). The third-order valence-electron chi connectivity index (χ3n) is 4.23. The van der Waals surface area contributed by atoms with Gasteiger partial charge in [-0.15, -0.1) is 0 Å². The van der Waals surface area contributed by atoms with Gasteiger partial charge in [-0.05, 0) is 35.9 Å². The molecule has 0 bridgehead atoms. The Labute approximate surface area is 165 Å². The van der Waals surface area contributed by atoms with Crippen LogP contribution >= 0.6 is 11.6 Å². The van der Waals surface area contributed by atoms with Crippen LogP contribution in [-0.2, 0) is 17.9 Å². The largest absolute Gasteiger partial charge is 0.454 e. The molecule has 1 aromatic heterocycles. The first-order valence-corrected chi connectivity index (χ1v) is 8.95. The van der Waals surface area contributed by atoms with E-state index in [4.69, 9.17) is 21.1 Å². The second kappa shape index (κ2) is 7.74. The maximum atomic E-state index is 12.3. The van der Waals surface area contributed by atoms with Crippen LogP contribution in [0.4, 0.5) is 0 Å². The van der Waals surface area contributed by atoms with Crippen LogP contribution in [0.3, 0.4) is 0 Å². The topological polar surface area (TPSA) is 82.5 Å². The lowest BCUT2D eigenvalue weighted by Crippen LogP contribution is -2.33. The second-order valence-corrected chi connectivity index (χ2v) is 6.62. The van der Waals surface area contributed by atoms with Gasteiger partial charge in [0, 0.05) is 23.2 Å². The van der Waals surface area contributed by atoms with Gasteiger partial charge >= 0.3 is 0 Å². The van der Waals surface area contributed by atoms with Crippen molar-refractivity contribution in [1.29, 1.82) is 0 Å². The minimum Gasteiger partial charge on any atom is -0.454 e. The first-order valence-electron chi connectivity index (χ1n) is 8.58. The molecule has 0 saturated carbocycles. The zero-order chi connectivity index (χ0) is 19.5. The number of aromatic nitrogens is 2. The van der Waals surface area contributed by atoms with Crippen molar-refractivity contribution in [3.05, 3.63) is 75.5 Å². The minimum absolute atomic E-state index is 0.176. The standard InChI is InChI=1S/C20H16ClN3O4/c21-15-4-2-14(3-5-15)16-6-8-20(26)24(23-16)11-19(25)22-10-13-1-7-17-18(9-13)28-12-27-17/h1-9H,10-12H2,(H,22,25). The van der Waals surface area contributed by atoms with E-state index in [0.717, 1.165) is 15.8 Å². The van der Waals surface area contributed by atoms with E-state index in [1.54, 1.807) is 36.4 Å². The summed E-state index contributed by atoms with van der Waals surface area (Å²) in [6, 6.07) is 15.6. The van der Waals surface area contributed by atoms with Crippen molar-refractivity contribution in [2.24, 2.45) is 0 Å². The summed E-state index contributed by atoms with van der Waals surface area (Å²) >= 11 is 5.90. The van der Waals surface area contributed by atoms with E-state index >= 15 is 0 Å². The van der Waals surface area contributed by atoms with Crippen LogP contribution in [0.1, 0.15) is 5.56 Å². The molecular formula is C20H16ClN3O4. The number of hydrogen-bond donors (Lipinski definition) is 1. The van der Waals surface area contributed by atoms with E-state index in [9.17, 15) is 9.59 Å². The summed E-state index contributed by atoms with van der Waals surface area (Å²) in [7, 11) is 0. The van der Waals surface area contributed by atoms with Crippen molar-refractivity contribution in [2.45, 2.75) is 13.1 Å². The summed E-state index contributed by atoms with van der Waals surface area (Å²) in [6.07, 6.45) is 0. The highest BCUT2D eigenvalue weighted by Crippen LogP contribution is 2.32. The summed E-state index contributed by atoms with van der Waals surface area (Å²) in [4.78, 5) is 24.3. The fourth-order valence-corrected chi connectivity index (χ4v) is 2.91. The Kier molecular flexibility index (Phi) is 4.99. The van der Waals surface area contributed by atoms with Crippen molar-refractivity contribution in [3.8, 4) is 22.8 Å². The van der Waals surface area contributed by atoms with Crippen LogP contribution in [-0.4, -0.2) is 22.5 Å². The molecule has 1 amide bonds.